The molecule has 0 aromatic carbocycles. The lowest BCUT2D eigenvalue weighted by atomic mass is 9.76. The van der Waals surface area contributed by atoms with Crippen LogP contribution in [-0.2, 0) is 0 Å². The van der Waals surface area contributed by atoms with Gasteiger partial charge in [-0.05, 0) is 39.8 Å². The van der Waals surface area contributed by atoms with E-state index < -0.39 is 0 Å². The summed E-state index contributed by atoms with van der Waals surface area (Å²) in [6, 6.07) is 2.49. The highest BCUT2D eigenvalue weighted by atomic mass is 15.1. The van der Waals surface area contributed by atoms with Gasteiger partial charge in [0.1, 0.15) is 5.54 Å². The van der Waals surface area contributed by atoms with Crippen LogP contribution in [0.15, 0.2) is 0 Å². The Bertz CT molecular complexity index is 238. The summed E-state index contributed by atoms with van der Waals surface area (Å²) in [5.41, 5.74) is -0.323. The van der Waals surface area contributed by atoms with E-state index in [2.05, 4.69) is 37.3 Å². The number of nitrogens with one attached hydrogen (secondary N) is 1. The van der Waals surface area contributed by atoms with Gasteiger partial charge >= 0.3 is 0 Å². The summed E-state index contributed by atoms with van der Waals surface area (Å²) in [6.07, 6.45) is 6.34. The highest BCUT2D eigenvalue weighted by Crippen LogP contribution is 2.32. The SMILES string of the molecule is CN(C)CCNC(C)(C#N)C1CCCCC1. The average molecular weight is 223 g/mol. The van der Waals surface area contributed by atoms with E-state index in [4.69, 9.17) is 0 Å². The Morgan fingerprint density at radius 2 is 1.94 bits per heavy atom. The fraction of sp³-hybridized carbons (Fsp3) is 0.923. The second-order valence-electron chi connectivity index (χ2n) is 5.38. The molecule has 1 unspecified atom stereocenters. The van der Waals surface area contributed by atoms with Gasteiger partial charge in [0.2, 0.25) is 0 Å². The molecule has 0 amide bonds. The fourth-order valence-corrected chi connectivity index (χ4v) is 2.49. The van der Waals surface area contributed by atoms with Crippen molar-refractivity contribution in [1.82, 2.24) is 10.2 Å². The Balaban J connectivity index is 2.45. The molecule has 16 heavy (non-hydrogen) atoms. The lowest BCUT2D eigenvalue weighted by Gasteiger charge is -2.35. The number of nitriles is 1. The van der Waals surface area contributed by atoms with Gasteiger partial charge in [-0.3, -0.25) is 5.32 Å². The molecular weight excluding hydrogens is 198 g/mol. The zero-order valence-electron chi connectivity index (χ0n) is 10.9. The largest absolute Gasteiger partial charge is 0.308 e. The predicted molar refractivity (Wildman–Crippen MR) is 67.1 cm³/mol. The minimum absolute atomic E-state index is 0.323. The van der Waals surface area contributed by atoms with E-state index in [0.717, 1.165) is 13.1 Å². The molecule has 0 bridgehead atoms. The van der Waals surface area contributed by atoms with Crippen molar-refractivity contribution in [2.45, 2.75) is 44.6 Å². The van der Waals surface area contributed by atoms with Gasteiger partial charge in [-0.25, -0.2) is 0 Å². The van der Waals surface area contributed by atoms with Crippen LogP contribution in [0.5, 0.6) is 0 Å². The molecule has 1 aliphatic rings. The second kappa shape index (κ2) is 6.22. The molecular formula is C13H25N3. The Kier molecular flexibility index (Phi) is 5.24. The van der Waals surface area contributed by atoms with E-state index in [9.17, 15) is 5.26 Å². The second-order valence-corrected chi connectivity index (χ2v) is 5.38. The first-order valence-corrected chi connectivity index (χ1v) is 6.39. The van der Waals surface area contributed by atoms with Crippen LogP contribution in [0.4, 0.5) is 0 Å². The van der Waals surface area contributed by atoms with Gasteiger partial charge in [0.25, 0.3) is 0 Å². The zero-order chi connectivity index (χ0) is 12.0. The summed E-state index contributed by atoms with van der Waals surface area (Å²) in [6.45, 7) is 3.95. The fourth-order valence-electron chi connectivity index (χ4n) is 2.49. The van der Waals surface area contributed by atoms with Crippen molar-refractivity contribution in [2.24, 2.45) is 5.92 Å². The maximum Gasteiger partial charge on any atom is 0.106 e. The van der Waals surface area contributed by atoms with Gasteiger partial charge in [0, 0.05) is 13.1 Å². The predicted octanol–water partition coefficient (Wildman–Crippen LogP) is 2.00. The third-order valence-corrected chi connectivity index (χ3v) is 3.71. The van der Waals surface area contributed by atoms with Crippen LogP contribution < -0.4 is 5.32 Å². The molecule has 3 heteroatoms. The first kappa shape index (κ1) is 13.5. The first-order valence-electron chi connectivity index (χ1n) is 6.39. The van der Waals surface area contributed by atoms with E-state index in [0.29, 0.717) is 5.92 Å². The first-order chi connectivity index (χ1) is 7.58. The molecule has 0 spiro atoms. The van der Waals surface area contributed by atoms with Gasteiger partial charge in [-0.2, -0.15) is 5.26 Å². The van der Waals surface area contributed by atoms with E-state index in [1.54, 1.807) is 0 Å². The number of hydrogen-bond acceptors (Lipinski definition) is 3. The maximum absolute atomic E-state index is 9.38. The van der Waals surface area contributed by atoms with Crippen LogP contribution in [0.1, 0.15) is 39.0 Å². The smallest absolute Gasteiger partial charge is 0.106 e. The summed E-state index contributed by atoms with van der Waals surface area (Å²) in [5.74, 6) is 0.536. The molecule has 3 nitrogen and oxygen atoms in total. The van der Waals surface area contributed by atoms with Crippen molar-refractivity contribution in [3.05, 3.63) is 0 Å². The molecule has 0 aromatic heterocycles. The molecule has 1 fully saturated rings. The Labute approximate surface area is 99.8 Å². The molecule has 1 aliphatic carbocycles. The minimum atomic E-state index is -0.323. The minimum Gasteiger partial charge on any atom is -0.308 e. The third-order valence-electron chi connectivity index (χ3n) is 3.71. The molecule has 1 rings (SSSR count). The standard InChI is InChI=1S/C13H25N3/c1-13(11-14,15-9-10-16(2)3)12-7-5-4-6-8-12/h12,15H,4-10H2,1-3H3. The molecule has 0 aromatic rings. The van der Waals surface area contributed by atoms with Gasteiger partial charge in [0.15, 0.2) is 0 Å². The third kappa shape index (κ3) is 3.77. The summed E-state index contributed by atoms with van der Waals surface area (Å²) < 4.78 is 0. The average Bonchev–Trinajstić information content (AvgIpc) is 2.29. The Morgan fingerprint density at radius 3 is 2.44 bits per heavy atom. The number of nitrogens with zero attached hydrogens (tertiary/aromatic N) is 2. The lowest BCUT2D eigenvalue weighted by Crippen LogP contribution is -2.50. The van der Waals surface area contributed by atoms with Crippen molar-refractivity contribution >= 4 is 0 Å². The number of rotatable bonds is 5. The van der Waals surface area contributed by atoms with Crippen LogP contribution in [0.2, 0.25) is 0 Å². The normalized spacial score (nSPS) is 21.7. The van der Waals surface area contributed by atoms with E-state index >= 15 is 0 Å². The molecule has 0 heterocycles. The van der Waals surface area contributed by atoms with Crippen LogP contribution >= 0.6 is 0 Å². The molecule has 1 saturated carbocycles. The summed E-state index contributed by atoms with van der Waals surface area (Å²) >= 11 is 0. The van der Waals surface area contributed by atoms with Crippen molar-refractivity contribution in [2.75, 3.05) is 27.2 Å². The number of hydrogen-bond donors (Lipinski definition) is 1. The Hall–Kier alpha value is -0.590. The molecule has 1 atom stereocenters. The molecule has 92 valence electrons. The topological polar surface area (TPSA) is 39.1 Å². The molecule has 1 N–H and O–H groups in total. The van der Waals surface area contributed by atoms with Gasteiger partial charge in [0.05, 0.1) is 6.07 Å². The quantitative estimate of drug-likeness (QED) is 0.775. The lowest BCUT2D eigenvalue weighted by molar-refractivity contribution is 0.222. The summed E-state index contributed by atoms with van der Waals surface area (Å²) in [7, 11) is 4.12. The Morgan fingerprint density at radius 1 is 1.31 bits per heavy atom. The zero-order valence-corrected chi connectivity index (χ0v) is 10.9. The molecule has 0 radical (unpaired) electrons. The molecule has 0 aliphatic heterocycles. The highest BCUT2D eigenvalue weighted by Gasteiger charge is 2.34. The van der Waals surface area contributed by atoms with Crippen molar-refractivity contribution in [1.29, 1.82) is 5.26 Å². The van der Waals surface area contributed by atoms with Crippen molar-refractivity contribution in [3.63, 3.8) is 0 Å². The summed E-state index contributed by atoms with van der Waals surface area (Å²) in [4.78, 5) is 2.14. The van der Waals surface area contributed by atoms with Crippen LogP contribution in [0, 0.1) is 17.2 Å². The van der Waals surface area contributed by atoms with E-state index in [1.165, 1.54) is 32.1 Å². The van der Waals surface area contributed by atoms with Gasteiger partial charge in [-0.15, -0.1) is 0 Å². The van der Waals surface area contributed by atoms with Crippen LogP contribution in [-0.4, -0.2) is 37.6 Å². The maximum atomic E-state index is 9.38. The van der Waals surface area contributed by atoms with Crippen molar-refractivity contribution in [3.8, 4) is 6.07 Å². The molecule has 0 saturated heterocycles. The number of likely N-dealkylation sites (N-methyl/N-ethyl adjacent to an activating group) is 1. The van der Waals surface area contributed by atoms with E-state index in [1.807, 2.05) is 0 Å². The van der Waals surface area contributed by atoms with Crippen LogP contribution in [0.3, 0.4) is 0 Å². The highest BCUT2D eigenvalue weighted by molar-refractivity contribution is 5.08. The van der Waals surface area contributed by atoms with Crippen LogP contribution in [0.25, 0.3) is 0 Å². The monoisotopic (exact) mass is 223 g/mol. The van der Waals surface area contributed by atoms with E-state index in [-0.39, 0.29) is 5.54 Å². The van der Waals surface area contributed by atoms with Gasteiger partial charge in [-0.1, -0.05) is 19.3 Å². The van der Waals surface area contributed by atoms with Gasteiger partial charge < -0.3 is 4.90 Å². The summed E-state index contributed by atoms with van der Waals surface area (Å²) in [5, 5.41) is 12.8. The van der Waals surface area contributed by atoms with Crippen molar-refractivity contribution < 1.29 is 0 Å².